The zero-order valence-electron chi connectivity index (χ0n) is 42.0. The third-order valence-electron chi connectivity index (χ3n) is 10.7. The minimum Gasteiger partial charge on any atom is -0.462 e. The molecule has 0 aliphatic heterocycles. The van der Waals surface area contributed by atoms with Crippen molar-refractivity contribution in [3.63, 3.8) is 0 Å². The Balaban J connectivity index is 4.43. The molecule has 0 aliphatic carbocycles. The van der Waals surface area contributed by atoms with Gasteiger partial charge in [0.25, 0.3) is 0 Å². The average Bonchev–Trinajstić information content (AvgIpc) is 3.30. The van der Waals surface area contributed by atoms with E-state index in [2.05, 4.69) is 130 Å². The second kappa shape index (κ2) is 52.7. The lowest BCUT2D eigenvalue weighted by Gasteiger charge is -2.18. The van der Waals surface area contributed by atoms with Crippen molar-refractivity contribution < 1.29 is 28.6 Å². The Labute approximate surface area is 400 Å². The van der Waals surface area contributed by atoms with Crippen molar-refractivity contribution in [2.24, 2.45) is 0 Å². The highest BCUT2D eigenvalue weighted by atomic mass is 16.6. The number of carbonyl (C=O) groups excluding carboxylic acids is 3. The molecule has 0 aliphatic rings. The van der Waals surface area contributed by atoms with Gasteiger partial charge in [0.15, 0.2) is 6.10 Å². The van der Waals surface area contributed by atoms with Gasteiger partial charge in [0.2, 0.25) is 0 Å². The molecule has 0 saturated heterocycles. The summed E-state index contributed by atoms with van der Waals surface area (Å²) >= 11 is 0. The van der Waals surface area contributed by atoms with Gasteiger partial charge in [0, 0.05) is 19.3 Å². The van der Waals surface area contributed by atoms with E-state index < -0.39 is 6.10 Å². The highest BCUT2D eigenvalue weighted by Gasteiger charge is 2.19. The van der Waals surface area contributed by atoms with Crippen LogP contribution >= 0.6 is 0 Å². The van der Waals surface area contributed by atoms with Gasteiger partial charge in [-0.2, -0.15) is 0 Å². The van der Waals surface area contributed by atoms with Crippen molar-refractivity contribution in [3.8, 4) is 0 Å². The number of allylic oxidation sites excluding steroid dienone is 18. The molecule has 0 heterocycles. The molecule has 0 N–H and O–H groups in total. The van der Waals surface area contributed by atoms with Crippen LogP contribution in [0.5, 0.6) is 0 Å². The molecule has 0 spiro atoms. The van der Waals surface area contributed by atoms with E-state index in [1.54, 1.807) is 0 Å². The van der Waals surface area contributed by atoms with Crippen LogP contribution in [-0.4, -0.2) is 37.2 Å². The van der Waals surface area contributed by atoms with Crippen molar-refractivity contribution in [1.82, 2.24) is 0 Å². The van der Waals surface area contributed by atoms with Crippen LogP contribution in [0, 0.1) is 0 Å². The Morgan fingerprint density at radius 1 is 0.323 bits per heavy atom. The summed E-state index contributed by atoms with van der Waals surface area (Å²) in [7, 11) is 0. The zero-order valence-corrected chi connectivity index (χ0v) is 42.0. The highest BCUT2D eigenvalue weighted by Crippen LogP contribution is 2.13. The smallest absolute Gasteiger partial charge is 0.306 e. The lowest BCUT2D eigenvalue weighted by molar-refractivity contribution is -0.167. The lowest BCUT2D eigenvalue weighted by Crippen LogP contribution is -2.30. The molecule has 1 unspecified atom stereocenters. The summed E-state index contributed by atoms with van der Waals surface area (Å²) in [6.45, 7) is 6.34. The fraction of sp³-hybridized carbons (Fsp3) is 0.644. The zero-order chi connectivity index (χ0) is 47.2. The van der Waals surface area contributed by atoms with Crippen LogP contribution < -0.4 is 0 Å². The molecule has 6 heteroatoms. The molecule has 0 bridgehead atoms. The highest BCUT2D eigenvalue weighted by molar-refractivity contribution is 5.71. The molecule has 0 saturated carbocycles. The first-order valence-corrected chi connectivity index (χ1v) is 26.4. The Morgan fingerprint density at radius 3 is 0.938 bits per heavy atom. The molecule has 0 radical (unpaired) electrons. The summed E-state index contributed by atoms with van der Waals surface area (Å²) in [6.07, 6.45) is 70.7. The molecular weight excluding hydrogens is 805 g/mol. The van der Waals surface area contributed by atoms with Crippen LogP contribution in [0.4, 0.5) is 0 Å². The Morgan fingerprint density at radius 2 is 0.600 bits per heavy atom. The van der Waals surface area contributed by atoms with E-state index in [0.717, 1.165) is 173 Å². The van der Waals surface area contributed by atoms with Crippen LogP contribution in [0.2, 0.25) is 0 Å². The molecule has 0 rings (SSSR count). The van der Waals surface area contributed by atoms with E-state index in [0.29, 0.717) is 19.3 Å². The van der Waals surface area contributed by atoms with Crippen molar-refractivity contribution in [2.75, 3.05) is 13.2 Å². The first-order valence-electron chi connectivity index (χ1n) is 26.4. The topological polar surface area (TPSA) is 78.9 Å². The molecule has 0 aromatic rings. The number of hydrogen-bond acceptors (Lipinski definition) is 6. The van der Waals surface area contributed by atoms with Crippen molar-refractivity contribution in [3.05, 3.63) is 109 Å². The fourth-order valence-electron chi connectivity index (χ4n) is 6.78. The Kier molecular flexibility index (Phi) is 49.5. The second-order valence-corrected chi connectivity index (χ2v) is 17.0. The van der Waals surface area contributed by atoms with Crippen LogP contribution in [-0.2, 0) is 28.6 Å². The monoisotopic (exact) mass is 901 g/mol. The molecule has 0 fully saturated rings. The van der Waals surface area contributed by atoms with Crippen LogP contribution in [0.1, 0.15) is 226 Å². The number of ether oxygens (including phenoxy) is 3. The van der Waals surface area contributed by atoms with Gasteiger partial charge in [-0.15, -0.1) is 0 Å². The molecule has 0 amide bonds. The molecule has 368 valence electrons. The molecule has 6 nitrogen and oxygen atoms in total. The van der Waals surface area contributed by atoms with Gasteiger partial charge in [0.1, 0.15) is 13.2 Å². The van der Waals surface area contributed by atoms with Crippen molar-refractivity contribution in [2.45, 2.75) is 232 Å². The number of rotatable bonds is 46. The van der Waals surface area contributed by atoms with Gasteiger partial charge < -0.3 is 14.2 Å². The minimum atomic E-state index is -0.801. The molecule has 1 atom stereocenters. The molecule has 65 heavy (non-hydrogen) atoms. The summed E-state index contributed by atoms with van der Waals surface area (Å²) < 4.78 is 16.8. The van der Waals surface area contributed by atoms with E-state index >= 15 is 0 Å². The quantitative estimate of drug-likeness (QED) is 0.0262. The maximum atomic E-state index is 12.8. The fourth-order valence-corrected chi connectivity index (χ4v) is 6.78. The maximum Gasteiger partial charge on any atom is 0.306 e. The van der Waals surface area contributed by atoms with Gasteiger partial charge in [-0.1, -0.05) is 201 Å². The van der Waals surface area contributed by atoms with E-state index in [-0.39, 0.29) is 31.1 Å². The summed E-state index contributed by atoms with van der Waals surface area (Å²) in [6, 6.07) is 0. The molecule has 0 aromatic heterocycles. The average molecular weight is 901 g/mol. The van der Waals surface area contributed by atoms with Crippen LogP contribution in [0.3, 0.4) is 0 Å². The van der Waals surface area contributed by atoms with Crippen molar-refractivity contribution in [1.29, 1.82) is 0 Å². The van der Waals surface area contributed by atoms with E-state index in [9.17, 15) is 14.4 Å². The summed E-state index contributed by atoms with van der Waals surface area (Å²) in [5.41, 5.74) is 0. The summed E-state index contributed by atoms with van der Waals surface area (Å²) in [5, 5.41) is 0. The minimum absolute atomic E-state index is 0.0996. The predicted octanol–water partition coefficient (Wildman–Crippen LogP) is 17.5. The van der Waals surface area contributed by atoms with Gasteiger partial charge >= 0.3 is 17.9 Å². The third kappa shape index (κ3) is 50.9. The molecular formula is C59H96O6. The largest absolute Gasteiger partial charge is 0.462 e. The summed E-state index contributed by atoms with van der Waals surface area (Å²) in [4.78, 5) is 38.0. The van der Waals surface area contributed by atoms with Crippen LogP contribution in [0.15, 0.2) is 109 Å². The summed E-state index contributed by atoms with van der Waals surface area (Å²) in [5.74, 6) is -0.951. The van der Waals surface area contributed by atoms with Gasteiger partial charge in [-0.3, -0.25) is 14.4 Å². The second-order valence-electron chi connectivity index (χ2n) is 17.0. The van der Waals surface area contributed by atoms with Crippen LogP contribution in [0.25, 0.3) is 0 Å². The Hall–Kier alpha value is -3.93. The number of hydrogen-bond donors (Lipinski definition) is 0. The predicted molar refractivity (Wildman–Crippen MR) is 279 cm³/mol. The van der Waals surface area contributed by atoms with Gasteiger partial charge in [-0.05, 0) is 116 Å². The Bertz CT molecular complexity index is 1360. The SMILES string of the molecule is CC/C=C\C/C=C\C/C=C\C/C=C\C/C=C\CCCCCCCC(=O)OCC(COC(=O)CCCCCCC/C=C\C/C=C\CCC)OC(=O)CCCCCCC/C=C\C/C=C\CCC. The number of carbonyl (C=O) groups is 3. The van der Waals surface area contributed by atoms with E-state index in [4.69, 9.17) is 14.2 Å². The normalized spacial score (nSPS) is 13.0. The maximum absolute atomic E-state index is 12.8. The van der Waals surface area contributed by atoms with E-state index in [1.165, 1.54) is 12.8 Å². The van der Waals surface area contributed by atoms with Gasteiger partial charge in [-0.25, -0.2) is 0 Å². The lowest BCUT2D eigenvalue weighted by atomic mass is 10.1. The third-order valence-corrected chi connectivity index (χ3v) is 10.7. The standard InChI is InChI=1S/C59H96O6/c1-4-7-10-13-16-19-22-25-26-27-28-29-30-31-32-35-37-40-43-46-49-52-58(61)64-55-56(65-59(62)53-50-47-44-41-38-34-24-21-18-15-12-9-6-3)54-63-57(60)51-48-45-42-39-36-33-23-20-17-14-11-8-5-2/h7,10-12,14-16,19-21,23-26,28-29,31-32,56H,4-6,8-9,13,17-18,22,27,30,33-55H2,1-3H3/b10-7-,14-11-,15-12-,19-16-,23-20-,24-21-,26-25-,29-28-,32-31-. The molecule has 0 aromatic carbocycles. The van der Waals surface area contributed by atoms with E-state index in [1.807, 2.05) is 0 Å². The van der Waals surface area contributed by atoms with Gasteiger partial charge in [0.05, 0.1) is 0 Å². The van der Waals surface area contributed by atoms with Crippen molar-refractivity contribution >= 4 is 17.9 Å². The first-order chi connectivity index (χ1) is 32.0. The number of esters is 3. The first kappa shape index (κ1) is 61.1. The number of unbranched alkanes of at least 4 members (excludes halogenated alkanes) is 17.